The lowest BCUT2D eigenvalue weighted by atomic mass is 10.0. The van der Waals surface area contributed by atoms with E-state index in [2.05, 4.69) is 42.0 Å². The summed E-state index contributed by atoms with van der Waals surface area (Å²) in [6.45, 7) is 4.02. The maximum Gasteiger partial charge on any atom is 0.0754 e. The number of hydrogen-bond acceptors (Lipinski definition) is 2. The van der Waals surface area contributed by atoms with E-state index in [1.807, 2.05) is 0 Å². The van der Waals surface area contributed by atoms with Crippen LogP contribution < -0.4 is 5.73 Å². The Bertz CT molecular complexity index is 569. The van der Waals surface area contributed by atoms with E-state index >= 15 is 0 Å². The monoisotopic (exact) mass is 272 g/mol. The van der Waals surface area contributed by atoms with Crippen LogP contribution >= 0.6 is 0 Å². The summed E-state index contributed by atoms with van der Waals surface area (Å²) in [6.07, 6.45) is 7.00. The molecule has 20 heavy (non-hydrogen) atoms. The first-order chi connectivity index (χ1) is 9.78. The molecule has 2 N–H and O–H groups in total. The number of para-hydroxylation sites is 1. The maximum absolute atomic E-state index is 6.13. The van der Waals surface area contributed by atoms with Gasteiger partial charge in [0.1, 0.15) is 0 Å². The van der Waals surface area contributed by atoms with Crippen molar-refractivity contribution in [1.29, 1.82) is 0 Å². The van der Waals surface area contributed by atoms with Gasteiger partial charge in [0.2, 0.25) is 0 Å². The van der Waals surface area contributed by atoms with E-state index in [1.54, 1.807) is 0 Å². The molecule has 0 aliphatic carbocycles. The van der Waals surface area contributed by atoms with Gasteiger partial charge in [-0.1, -0.05) is 25.1 Å². The summed E-state index contributed by atoms with van der Waals surface area (Å²) in [5.41, 5.74) is 8.81. The quantitative estimate of drug-likeness (QED) is 0.908. The van der Waals surface area contributed by atoms with Gasteiger partial charge >= 0.3 is 0 Å². The van der Waals surface area contributed by atoms with Crippen LogP contribution in [0.2, 0.25) is 0 Å². The van der Waals surface area contributed by atoms with Crippen LogP contribution in [0, 0.1) is 0 Å². The molecule has 2 atom stereocenters. The van der Waals surface area contributed by atoms with Gasteiger partial charge in [-0.15, -0.1) is 0 Å². The number of ether oxygens (including phenoxy) is 1. The Morgan fingerprint density at radius 2 is 2.25 bits per heavy atom. The van der Waals surface area contributed by atoms with Gasteiger partial charge in [0, 0.05) is 36.3 Å². The van der Waals surface area contributed by atoms with Crippen LogP contribution in [-0.4, -0.2) is 23.3 Å². The Morgan fingerprint density at radius 1 is 1.40 bits per heavy atom. The summed E-state index contributed by atoms with van der Waals surface area (Å²) in [5, 5.41) is 1.34. The Hall–Kier alpha value is -1.32. The van der Waals surface area contributed by atoms with Crippen molar-refractivity contribution in [2.45, 2.75) is 51.3 Å². The molecule has 3 rings (SSSR count). The lowest BCUT2D eigenvalue weighted by Crippen LogP contribution is -2.21. The van der Waals surface area contributed by atoms with Crippen LogP contribution in [0.25, 0.3) is 10.9 Å². The molecule has 1 saturated heterocycles. The van der Waals surface area contributed by atoms with Crippen LogP contribution in [-0.2, 0) is 17.7 Å². The number of fused-ring (bicyclic) bond motifs is 1. The van der Waals surface area contributed by atoms with Crippen molar-refractivity contribution < 1.29 is 4.74 Å². The standard InChI is InChI=1S/C17H24N2O/c1-2-14(18)10-13-11-19(12-15-6-5-9-20-15)17-8-4-3-7-16(13)17/h3-4,7-8,11,14-15H,2,5-6,9-10,12,18H2,1H3. The molecule has 3 nitrogen and oxygen atoms in total. The van der Waals surface area contributed by atoms with Crippen molar-refractivity contribution in [2.75, 3.05) is 6.61 Å². The zero-order chi connectivity index (χ0) is 13.9. The summed E-state index contributed by atoms with van der Waals surface area (Å²) >= 11 is 0. The molecule has 1 fully saturated rings. The second-order valence-corrected chi connectivity index (χ2v) is 5.83. The number of rotatable bonds is 5. The SMILES string of the molecule is CCC(N)Cc1cn(CC2CCCO2)c2ccccc12. The van der Waals surface area contributed by atoms with Crippen molar-refractivity contribution in [1.82, 2.24) is 4.57 Å². The van der Waals surface area contributed by atoms with Crippen LogP contribution in [0.4, 0.5) is 0 Å². The van der Waals surface area contributed by atoms with Crippen molar-refractivity contribution in [2.24, 2.45) is 5.73 Å². The summed E-state index contributed by atoms with van der Waals surface area (Å²) in [4.78, 5) is 0. The average molecular weight is 272 g/mol. The molecule has 0 saturated carbocycles. The molecule has 1 aliphatic heterocycles. The van der Waals surface area contributed by atoms with Crippen molar-refractivity contribution >= 4 is 10.9 Å². The summed E-state index contributed by atoms with van der Waals surface area (Å²) in [6, 6.07) is 8.87. The first-order valence-corrected chi connectivity index (χ1v) is 7.72. The van der Waals surface area contributed by atoms with Gasteiger partial charge < -0.3 is 15.0 Å². The third-order valence-electron chi connectivity index (χ3n) is 4.30. The molecular weight excluding hydrogens is 248 g/mol. The minimum absolute atomic E-state index is 0.247. The first kappa shape index (κ1) is 13.7. The molecule has 2 aromatic rings. The lowest BCUT2D eigenvalue weighted by molar-refractivity contribution is 0.0980. The summed E-state index contributed by atoms with van der Waals surface area (Å²) in [7, 11) is 0. The maximum atomic E-state index is 6.13. The minimum atomic E-state index is 0.247. The highest BCUT2D eigenvalue weighted by molar-refractivity contribution is 5.84. The third-order valence-corrected chi connectivity index (χ3v) is 4.30. The van der Waals surface area contributed by atoms with E-state index in [1.165, 1.54) is 29.3 Å². The van der Waals surface area contributed by atoms with Crippen LogP contribution in [0.1, 0.15) is 31.7 Å². The summed E-state index contributed by atoms with van der Waals surface area (Å²) < 4.78 is 8.12. The topological polar surface area (TPSA) is 40.2 Å². The number of benzene rings is 1. The molecule has 0 amide bonds. The molecule has 1 aromatic carbocycles. The third kappa shape index (κ3) is 2.74. The van der Waals surface area contributed by atoms with Gasteiger partial charge in [0.05, 0.1) is 6.10 Å². The number of aromatic nitrogens is 1. The molecule has 2 unspecified atom stereocenters. The molecule has 2 heterocycles. The zero-order valence-corrected chi connectivity index (χ0v) is 12.2. The minimum Gasteiger partial charge on any atom is -0.376 e. The van der Waals surface area contributed by atoms with Gasteiger partial charge in [0.25, 0.3) is 0 Å². The summed E-state index contributed by atoms with van der Waals surface area (Å²) in [5.74, 6) is 0. The second kappa shape index (κ2) is 5.98. The van der Waals surface area contributed by atoms with E-state index in [4.69, 9.17) is 10.5 Å². The fourth-order valence-electron chi connectivity index (χ4n) is 3.07. The number of hydrogen-bond donors (Lipinski definition) is 1. The highest BCUT2D eigenvalue weighted by atomic mass is 16.5. The Labute approximate surface area is 120 Å². The van der Waals surface area contributed by atoms with Crippen LogP contribution in [0.15, 0.2) is 30.5 Å². The molecule has 0 radical (unpaired) electrons. The zero-order valence-electron chi connectivity index (χ0n) is 12.2. The van der Waals surface area contributed by atoms with E-state index < -0.39 is 0 Å². The molecule has 1 aliphatic rings. The molecule has 1 aromatic heterocycles. The molecular formula is C17H24N2O. The fraction of sp³-hybridized carbons (Fsp3) is 0.529. The lowest BCUT2D eigenvalue weighted by Gasteiger charge is -2.11. The predicted octanol–water partition coefficient (Wildman–Crippen LogP) is 3.10. The van der Waals surface area contributed by atoms with Crippen LogP contribution in [0.3, 0.4) is 0 Å². The first-order valence-electron chi connectivity index (χ1n) is 7.72. The number of nitrogens with zero attached hydrogens (tertiary/aromatic N) is 1. The van der Waals surface area contributed by atoms with Gasteiger partial charge in [-0.2, -0.15) is 0 Å². The van der Waals surface area contributed by atoms with Crippen molar-refractivity contribution in [3.05, 3.63) is 36.0 Å². The average Bonchev–Trinajstić information content (AvgIpc) is 3.09. The second-order valence-electron chi connectivity index (χ2n) is 5.83. The van der Waals surface area contributed by atoms with Crippen molar-refractivity contribution in [3.63, 3.8) is 0 Å². The Morgan fingerprint density at radius 3 is 3.00 bits per heavy atom. The largest absolute Gasteiger partial charge is 0.376 e. The molecule has 0 bridgehead atoms. The van der Waals surface area contributed by atoms with Gasteiger partial charge in [-0.25, -0.2) is 0 Å². The van der Waals surface area contributed by atoms with Crippen molar-refractivity contribution in [3.8, 4) is 0 Å². The number of nitrogens with two attached hydrogens (primary N) is 1. The van der Waals surface area contributed by atoms with Gasteiger partial charge in [-0.05, 0) is 37.3 Å². The molecule has 108 valence electrons. The molecule has 3 heteroatoms. The van der Waals surface area contributed by atoms with Crippen LogP contribution in [0.5, 0.6) is 0 Å². The van der Waals surface area contributed by atoms with Gasteiger partial charge in [-0.3, -0.25) is 0 Å². The van der Waals surface area contributed by atoms with Gasteiger partial charge in [0.15, 0.2) is 0 Å². The van der Waals surface area contributed by atoms with E-state index in [9.17, 15) is 0 Å². The fourth-order valence-corrected chi connectivity index (χ4v) is 3.07. The Balaban J connectivity index is 1.90. The highest BCUT2D eigenvalue weighted by Crippen LogP contribution is 2.25. The smallest absolute Gasteiger partial charge is 0.0754 e. The van der Waals surface area contributed by atoms with E-state index in [0.29, 0.717) is 6.10 Å². The van der Waals surface area contributed by atoms with E-state index in [-0.39, 0.29) is 6.04 Å². The van der Waals surface area contributed by atoms with E-state index in [0.717, 1.165) is 26.0 Å². The normalized spacial score (nSPS) is 20.6. The molecule has 0 spiro atoms. The predicted molar refractivity (Wildman–Crippen MR) is 82.9 cm³/mol. The Kier molecular flexibility index (Phi) is 4.08. The highest BCUT2D eigenvalue weighted by Gasteiger charge is 2.18.